The quantitative estimate of drug-likeness (QED) is 0.806. The second-order valence-electron chi connectivity index (χ2n) is 6.22. The molecule has 26 heavy (non-hydrogen) atoms. The molecule has 1 N–H and O–H groups in total. The van der Waals surface area contributed by atoms with Gasteiger partial charge in [-0.1, -0.05) is 43.7 Å². The lowest BCUT2D eigenvalue weighted by molar-refractivity contribution is 0.0939. The van der Waals surface area contributed by atoms with Gasteiger partial charge < -0.3 is 5.32 Å². The number of hydrogen-bond acceptors (Lipinski definition) is 3. The van der Waals surface area contributed by atoms with Gasteiger partial charge in [0.1, 0.15) is 0 Å². The second kappa shape index (κ2) is 8.47. The van der Waals surface area contributed by atoms with Crippen molar-refractivity contribution >= 4 is 15.9 Å². The SMILES string of the molecule is CCN(CC)S(=O)(=O)c1ccc(C(C)NC(=O)c2cccc(C)c2)cc1. The molecule has 0 aliphatic rings. The van der Waals surface area contributed by atoms with E-state index in [1.165, 1.54) is 4.31 Å². The third-order valence-corrected chi connectivity index (χ3v) is 6.42. The fourth-order valence-electron chi connectivity index (χ4n) is 2.79. The zero-order chi connectivity index (χ0) is 19.3. The van der Waals surface area contributed by atoms with Crippen LogP contribution in [-0.2, 0) is 10.0 Å². The summed E-state index contributed by atoms with van der Waals surface area (Å²) >= 11 is 0. The highest BCUT2D eigenvalue weighted by molar-refractivity contribution is 7.89. The van der Waals surface area contributed by atoms with Gasteiger partial charge in [-0.05, 0) is 43.7 Å². The van der Waals surface area contributed by atoms with E-state index in [1.54, 1.807) is 30.3 Å². The lowest BCUT2D eigenvalue weighted by Gasteiger charge is -2.19. The van der Waals surface area contributed by atoms with Gasteiger partial charge in [0, 0.05) is 18.7 Å². The molecule has 0 bridgehead atoms. The summed E-state index contributed by atoms with van der Waals surface area (Å²) in [7, 11) is -3.47. The van der Waals surface area contributed by atoms with Crippen molar-refractivity contribution in [3.63, 3.8) is 0 Å². The molecule has 2 aromatic rings. The van der Waals surface area contributed by atoms with Crippen LogP contribution in [0.5, 0.6) is 0 Å². The Bertz CT molecular complexity index is 857. The number of nitrogens with one attached hydrogen (secondary N) is 1. The number of aryl methyl sites for hydroxylation is 1. The number of carbonyl (C=O) groups is 1. The van der Waals surface area contributed by atoms with Crippen LogP contribution in [0.15, 0.2) is 53.4 Å². The average molecular weight is 375 g/mol. The number of benzene rings is 2. The van der Waals surface area contributed by atoms with E-state index in [0.29, 0.717) is 18.7 Å². The van der Waals surface area contributed by atoms with Crippen molar-refractivity contribution < 1.29 is 13.2 Å². The van der Waals surface area contributed by atoms with Crippen LogP contribution >= 0.6 is 0 Å². The molecule has 0 aliphatic carbocycles. The van der Waals surface area contributed by atoms with Crippen LogP contribution in [0.3, 0.4) is 0 Å². The Morgan fingerprint density at radius 2 is 1.69 bits per heavy atom. The molecule has 2 rings (SSSR count). The predicted octanol–water partition coefficient (Wildman–Crippen LogP) is 3.52. The maximum Gasteiger partial charge on any atom is 0.251 e. The van der Waals surface area contributed by atoms with E-state index < -0.39 is 10.0 Å². The van der Waals surface area contributed by atoms with Crippen LogP contribution in [0.25, 0.3) is 0 Å². The maximum absolute atomic E-state index is 12.5. The summed E-state index contributed by atoms with van der Waals surface area (Å²) in [6.45, 7) is 8.32. The molecular formula is C20H26N2O3S. The Morgan fingerprint density at radius 3 is 2.23 bits per heavy atom. The van der Waals surface area contributed by atoms with Crippen molar-refractivity contribution in [3.05, 3.63) is 65.2 Å². The number of carbonyl (C=O) groups excluding carboxylic acids is 1. The van der Waals surface area contributed by atoms with Gasteiger partial charge >= 0.3 is 0 Å². The van der Waals surface area contributed by atoms with E-state index in [-0.39, 0.29) is 16.8 Å². The molecule has 0 aromatic heterocycles. The highest BCUT2D eigenvalue weighted by Crippen LogP contribution is 2.20. The number of amides is 1. The lowest BCUT2D eigenvalue weighted by Crippen LogP contribution is -2.30. The fourth-order valence-corrected chi connectivity index (χ4v) is 4.25. The molecular weight excluding hydrogens is 348 g/mol. The van der Waals surface area contributed by atoms with Crippen molar-refractivity contribution in [1.29, 1.82) is 0 Å². The first-order chi connectivity index (χ1) is 12.3. The van der Waals surface area contributed by atoms with E-state index >= 15 is 0 Å². The van der Waals surface area contributed by atoms with Crippen LogP contribution in [0, 0.1) is 6.92 Å². The summed E-state index contributed by atoms with van der Waals surface area (Å²) < 4.78 is 26.5. The topological polar surface area (TPSA) is 66.5 Å². The summed E-state index contributed by atoms with van der Waals surface area (Å²) in [4.78, 5) is 12.6. The third kappa shape index (κ3) is 4.51. The second-order valence-corrected chi connectivity index (χ2v) is 8.16. The Balaban J connectivity index is 2.14. The normalized spacial score (nSPS) is 12.8. The van der Waals surface area contributed by atoms with Crippen LogP contribution < -0.4 is 5.32 Å². The summed E-state index contributed by atoms with van der Waals surface area (Å²) in [6.07, 6.45) is 0. The number of rotatable bonds is 7. The molecule has 1 atom stereocenters. The molecule has 2 aromatic carbocycles. The largest absolute Gasteiger partial charge is 0.346 e. The van der Waals surface area contributed by atoms with Gasteiger partial charge in [-0.3, -0.25) is 4.79 Å². The molecule has 0 saturated carbocycles. The summed E-state index contributed by atoms with van der Waals surface area (Å²) in [6, 6.07) is 13.9. The van der Waals surface area contributed by atoms with Gasteiger partial charge in [-0.25, -0.2) is 8.42 Å². The molecule has 140 valence electrons. The maximum atomic E-state index is 12.5. The van der Waals surface area contributed by atoms with Gasteiger partial charge in [0.25, 0.3) is 5.91 Å². The van der Waals surface area contributed by atoms with Crippen LogP contribution in [-0.4, -0.2) is 31.7 Å². The first-order valence-corrected chi connectivity index (χ1v) is 10.2. The Hall–Kier alpha value is -2.18. The third-order valence-electron chi connectivity index (χ3n) is 4.35. The van der Waals surface area contributed by atoms with Gasteiger partial charge in [0.2, 0.25) is 10.0 Å². The van der Waals surface area contributed by atoms with Gasteiger partial charge in [-0.2, -0.15) is 4.31 Å². The predicted molar refractivity (Wildman–Crippen MR) is 104 cm³/mol. The average Bonchev–Trinajstić information content (AvgIpc) is 2.62. The Kier molecular flexibility index (Phi) is 6.56. The van der Waals surface area contributed by atoms with Crippen molar-refractivity contribution in [2.75, 3.05) is 13.1 Å². The molecule has 0 spiro atoms. The van der Waals surface area contributed by atoms with Crippen molar-refractivity contribution in [3.8, 4) is 0 Å². The molecule has 6 heteroatoms. The minimum atomic E-state index is -3.47. The highest BCUT2D eigenvalue weighted by Gasteiger charge is 2.21. The zero-order valence-electron chi connectivity index (χ0n) is 15.7. The molecule has 1 amide bonds. The van der Waals surface area contributed by atoms with E-state index in [0.717, 1.165) is 11.1 Å². The highest BCUT2D eigenvalue weighted by atomic mass is 32.2. The van der Waals surface area contributed by atoms with Crippen LogP contribution in [0.2, 0.25) is 0 Å². The first kappa shape index (κ1) is 20.1. The fraction of sp³-hybridized carbons (Fsp3) is 0.350. The molecule has 0 radical (unpaired) electrons. The van der Waals surface area contributed by atoms with Gasteiger partial charge in [0.15, 0.2) is 0 Å². The number of nitrogens with zero attached hydrogens (tertiary/aromatic N) is 1. The molecule has 0 aliphatic heterocycles. The van der Waals surface area contributed by atoms with Crippen molar-refractivity contribution in [2.24, 2.45) is 0 Å². The lowest BCUT2D eigenvalue weighted by atomic mass is 10.1. The van der Waals surface area contributed by atoms with E-state index in [4.69, 9.17) is 0 Å². The van der Waals surface area contributed by atoms with Crippen molar-refractivity contribution in [2.45, 2.75) is 38.6 Å². The monoisotopic (exact) mass is 374 g/mol. The van der Waals surface area contributed by atoms with Crippen LogP contribution in [0.4, 0.5) is 0 Å². The molecule has 0 saturated heterocycles. The van der Waals surface area contributed by atoms with Crippen molar-refractivity contribution in [1.82, 2.24) is 9.62 Å². The first-order valence-electron chi connectivity index (χ1n) is 8.77. The van der Waals surface area contributed by atoms with E-state index in [1.807, 2.05) is 45.9 Å². The summed E-state index contributed by atoms with van der Waals surface area (Å²) in [5.41, 5.74) is 2.48. The van der Waals surface area contributed by atoms with Crippen LogP contribution in [0.1, 0.15) is 48.3 Å². The van der Waals surface area contributed by atoms with Gasteiger partial charge in [-0.15, -0.1) is 0 Å². The minimum Gasteiger partial charge on any atom is -0.346 e. The summed E-state index contributed by atoms with van der Waals surface area (Å²) in [5.74, 6) is -0.152. The number of hydrogen-bond donors (Lipinski definition) is 1. The Morgan fingerprint density at radius 1 is 1.08 bits per heavy atom. The zero-order valence-corrected chi connectivity index (χ0v) is 16.5. The van der Waals surface area contributed by atoms with E-state index in [2.05, 4.69) is 5.32 Å². The minimum absolute atomic E-state index is 0.152. The molecule has 1 unspecified atom stereocenters. The molecule has 0 heterocycles. The summed E-state index contributed by atoms with van der Waals surface area (Å²) in [5, 5.41) is 2.94. The van der Waals surface area contributed by atoms with Gasteiger partial charge in [0.05, 0.1) is 10.9 Å². The Labute approximate surface area is 156 Å². The smallest absolute Gasteiger partial charge is 0.251 e. The molecule has 0 fully saturated rings. The van der Waals surface area contributed by atoms with E-state index in [9.17, 15) is 13.2 Å². The standard InChI is InChI=1S/C20H26N2O3S/c1-5-22(6-2)26(24,25)19-12-10-17(11-13-19)16(4)21-20(23)18-9-7-8-15(3)14-18/h7-14,16H,5-6H2,1-4H3,(H,21,23). The molecule has 5 nitrogen and oxygen atoms in total. The number of sulfonamides is 1.